The van der Waals surface area contributed by atoms with Gasteiger partial charge in [-0.25, -0.2) is 0 Å². The van der Waals surface area contributed by atoms with Gasteiger partial charge in [0.15, 0.2) is 0 Å². The fourth-order valence-corrected chi connectivity index (χ4v) is 1.66. The molecule has 0 amide bonds. The molecular formula is C9H18ClN. The second kappa shape index (κ2) is 5.00. The van der Waals surface area contributed by atoms with Crippen molar-refractivity contribution >= 4 is 11.6 Å². The summed E-state index contributed by atoms with van der Waals surface area (Å²) in [7, 11) is 0. The molecule has 1 aliphatic rings. The highest BCUT2D eigenvalue weighted by Crippen LogP contribution is 2.17. The minimum atomic E-state index is 0.329. The Kier molecular flexibility index (Phi) is 4.24. The first-order valence-corrected chi connectivity index (χ1v) is 5.14. The van der Waals surface area contributed by atoms with Gasteiger partial charge in [-0.1, -0.05) is 19.8 Å². The quantitative estimate of drug-likeness (QED) is 0.648. The lowest BCUT2D eigenvalue weighted by molar-refractivity contribution is 0.515. The maximum absolute atomic E-state index is 5.98. The van der Waals surface area contributed by atoms with Gasteiger partial charge in [0.05, 0.1) is 0 Å². The normalized spacial score (nSPS) is 22.4. The molecule has 0 spiro atoms. The van der Waals surface area contributed by atoms with Crippen LogP contribution in [-0.4, -0.2) is 18.0 Å². The molecule has 1 nitrogen and oxygen atoms in total. The van der Waals surface area contributed by atoms with Crippen LogP contribution in [-0.2, 0) is 0 Å². The zero-order valence-electron chi connectivity index (χ0n) is 7.28. The third kappa shape index (κ3) is 3.44. The molecular weight excluding hydrogens is 158 g/mol. The van der Waals surface area contributed by atoms with Crippen LogP contribution in [0.25, 0.3) is 0 Å². The third-order valence-corrected chi connectivity index (χ3v) is 2.89. The standard InChI is InChI=1S/C9H18ClN/c1-2-8(10)7-11-9-5-3-4-6-9/h8-9,11H,2-7H2,1H3. The average Bonchev–Trinajstić information content (AvgIpc) is 2.52. The Morgan fingerprint density at radius 1 is 1.45 bits per heavy atom. The van der Waals surface area contributed by atoms with Gasteiger partial charge in [0, 0.05) is 18.0 Å². The lowest BCUT2D eigenvalue weighted by Crippen LogP contribution is -2.31. The van der Waals surface area contributed by atoms with Crippen molar-refractivity contribution in [3.8, 4) is 0 Å². The topological polar surface area (TPSA) is 12.0 Å². The van der Waals surface area contributed by atoms with Crippen LogP contribution in [0.15, 0.2) is 0 Å². The van der Waals surface area contributed by atoms with Crippen LogP contribution in [0.2, 0.25) is 0 Å². The number of hydrogen-bond donors (Lipinski definition) is 1. The van der Waals surface area contributed by atoms with Crippen molar-refractivity contribution in [1.82, 2.24) is 5.32 Å². The summed E-state index contributed by atoms with van der Waals surface area (Å²) in [6.45, 7) is 3.12. The Balaban J connectivity index is 2.01. The van der Waals surface area contributed by atoms with Gasteiger partial charge in [0.1, 0.15) is 0 Å². The van der Waals surface area contributed by atoms with Crippen molar-refractivity contribution in [2.75, 3.05) is 6.54 Å². The summed E-state index contributed by atoms with van der Waals surface area (Å²) >= 11 is 5.98. The molecule has 0 aliphatic heterocycles. The summed E-state index contributed by atoms with van der Waals surface area (Å²) in [6, 6.07) is 0.766. The zero-order valence-corrected chi connectivity index (χ0v) is 8.03. The van der Waals surface area contributed by atoms with Crippen molar-refractivity contribution in [3.63, 3.8) is 0 Å². The van der Waals surface area contributed by atoms with E-state index in [-0.39, 0.29) is 0 Å². The molecule has 66 valence electrons. The monoisotopic (exact) mass is 175 g/mol. The molecule has 0 heterocycles. The molecule has 1 unspecified atom stereocenters. The molecule has 2 heteroatoms. The molecule has 1 atom stereocenters. The maximum Gasteiger partial charge on any atom is 0.0458 e. The summed E-state index contributed by atoms with van der Waals surface area (Å²) < 4.78 is 0. The van der Waals surface area contributed by atoms with Crippen LogP contribution in [0.3, 0.4) is 0 Å². The highest BCUT2D eigenvalue weighted by Gasteiger charge is 2.14. The van der Waals surface area contributed by atoms with Crippen LogP contribution in [0.1, 0.15) is 39.0 Å². The van der Waals surface area contributed by atoms with Crippen LogP contribution in [0.5, 0.6) is 0 Å². The Morgan fingerprint density at radius 2 is 2.09 bits per heavy atom. The number of nitrogens with one attached hydrogen (secondary N) is 1. The van der Waals surface area contributed by atoms with E-state index in [1.165, 1.54) is 25.7 Å². The van der Waals surface area contributed by atoms with Crippen LogP contribution in [0.4, 0.5) is 0 Å². The molecule has 1 rings (SSSR count). The lowest BCUT2D eigenvalue weighted by atomic mass is 10.2. The first kappa shape index (κ1) is 9.34. The minimum Gasteiger partial charge on any atom is -0.313 e. The predicted molar refractivity (Wildman–Crippen MR) is 50.2 cm³/mol. The predicted octanol–water partition coefficient (Wildman–Crippen LogP) is 2.54. The van der Waals surface area contributed by atoms with E-state index in [1.807, 2.05) is 0 Å². The van der Waals surface area contributed by atoms with Crippen molar-refractivity contribution in [2.24, 2.45) is 0 Å². The molecule has 1 aliphatic carbocycles. The van der Waals surface area contributed by atoms with E-state index in [2.05, 4.69) is 12.2 Å². The highest BCUT2D eigenvalue weighted by atomic mass is 35.5. The van der Waals surface area contributed by atoms with Gasteiger partial charge >= 0.3 is 0 Å². The molecule has 0 radical (unpaired) electrons. The molecule has 0 aromatic carbocycles. The fourth-order valence-electron chi connectivity index (χ4n) is 1.57. The van der Waals surface area contributed by atoms with Crippen molar-refractivity contribution in [2.45, 2.75) is 50.4 Å². The summed E-state index contributed by atoms with van der Waals surface area (Å²) in [4.78, 5) is 0. The van der Waals surface area contributed by atoms with Crippen LogP contribution in [0, 0.1) is 0 Å². The molecule has 1 saturated carbocycles. The van der Waals surface area contributed by atoms with Gasteiger partial charge in [-0.3, -0.25) is 0 Å². The fraction of sp³-hybridized carbons (Fsp3) is 1.00. The lowest BCUT2D eigenvalue weighted by Gasteiger charge is -2.13. The second-order valence-corrected chi connectivity index (χ2v) is 4.01. The summed E-state index contributed by atoms with van der Waals surface area (Å²) in [5.74, 6) is 0. The van der Waals surface area contributed by atoms with E-state index in [4.69, 9.17) is 11.6 Å². The van der Waals surface area contributed by atoms with Crippen LogP contribution < -0.4 is 5.32 Å². The van der Waals surface area contributed by atoms with Gasteiger partial charge in [-0.05, 0) is 19.3 Å². The molecule has 0 aromatic rings. The number of alkyl halides is 1. The first-order valence-electron chi connectivity index (χ1n) is 4.70. The Hall–Kier alpha value is 0.250. The maximum atomic E-state index is 5.98. The summed E-state index contributed by atoms with van der Waals surface area (Å²) in [6.07, 6.45) is 6.58. The smallest absolute Gasteiger partial charge is 0.0458 e. The van der Waals surface area contributed by atoms with Gasteiger partial charge in [-0.2, -0.15) is 0 Å². The third-order valence-electron chi connectivity index (χ3n) is 2.43. The van der Waals surface area contributed by atoms with Crippen molar-refractivity contribution in [3.05, 3.63) is 0 Å². The molecule has 11 heavy (non-hydrogen) atoms. The van der Waals surface area contributed by atoms with Crippen LogP contribution >= 0.6 is 11.6 Å². The van der Waals surface area contributed by atoms with E-state index in [0.717, 1.165) is 19.0 Å². The number of hydrogen-bond acceptors (Lipinski definition) is 1. The van der Waals surface area contributed by atoms with Gasteiger partial charge in [-0.15, -0.1) is 11.6 Å². The first-order chi connectivity index (χ1) is 5.33. The number of halogens is 1. The Labute approximate surface area is 74.5 Å². The zero-order chi connectivity index (χ0) is 8.10. The second-order valence-electron chi connectivity index (χ2n) is 3.40. The van der Waals surface area contributed by atoms with E-state index in [9.17, 15) is 0 Å². The Morgan fingerprint density at radius 3 is 2.64 bits per heavy atom. The van der Waals surface area contributed by atoms with Gasteiger partial charge in [0.2, 0.25) is 0 Å². The Bertz CT molecular complexity index is 99.7. The molecule has 1 fully saturated rings. The van der Waals surface area contributed by atoms with Gasteiger partial charge < -0.3 is 5.32 Å². The van der Waals surface area contributed by atoms with E-state index >= 15 is 0 Å². The van der Waals surface area contributed by atoms with E-state index in [1.54, 1.807) is 0 Å². The molecule has 0 aromatic heterocycles. The minimum absolute atomic E-state index is 0.329. The summed E-state index contributed by atoms with van der Waals surface area (Å²) in [5, 5.41) is 3.83. The summed E-state index contributed by atoms with van der Waals surface area (Å²) in [5.41, 5.74) is 0. The van der Waals surface area contributed by atoms with Gasteiger partial charge in [0.25, 0.3) is 0 Å². The molecule has 1 N–H and O–H groups in total. The molecule has 0 saturated heterocycles. The van der Waals surface area contributed by atoms with E-state index < -0.39 is 0 Å². The van der Waals surface area contributed by atoms with Crippen molar-refractivity contribution < 1.29 is 0 Å². The SMILES string of the molecule is CCC(Cl)CNC1CCCC1. The highest BCUT2D eigenvalue weighted by molar-refractivity contribution is 6.20. The number of rotatable bonds is 4. The van der Waals surface area contributed by atoms with E-state index in [0.29, 0.717) is 5.38 Å². The average molecular weight is 176 g/mol. The van der Waals surface area contributed by atoms with Crippen molar-refractivity contribution in [1.29, 1.82) is 0 Å². The largest absolute Gasteiger partial charge is 0.313 e. The molecule has 0 bridgehead atoms.